The summed E-state index contributed by atoms with van der Waals surface area (Å²) in [5, 5.41) is 0. The summed E-state index contributed by atoms with van der Waals surface area (Å²) in [6.07, 6.45) is 1.68. The molecule has 92 valence electrons. The van der Waals surface area contributed by atoms with Crippen molar-refractivity contribution in [3.8, 4) is 5.75 Å². The predicted octanol–water partition coefficient (Wildman–Crippen LogP) is 2.65. The molecule has 5 heteroatoms. The first-order chi connectivity index (χ1) is 8.61. The van der Waals surface area contributed by atoms with Gasteiger partial charge >= 0.3 is 0 Å². The van der Waals surface area contributed by atoms with Crippen molar-refractivity contribution in [1.29, 1.82) is 0 Å². The number of hydrogen-bond acceptors (Lipinski definition) is 3. The summed E-state index contributed by atoms with van der Waals surface area (Å²) in [7, 11) is 1.51. The Labute approximate surface area is 103 Å². The van der Waals surface area contributed by atoms with Crippen LogP contribution in [0.15, 0.2) is 18.5 Å². The van der Waals surface area contributed by atoms with E-state index in [2.05, 4.69) is 9.97 Å². The standard InChI is InChI=1S/C13H12FN3O/c1-7-13-8(2)16-12-10(17(13)6-15-7)4-9(14)5-11(12)18-3/h4-6H,1-3H3. The van der Waals surface area contributed by atoms with Crippen molar-refractivity contribution < 1.29 is 9.13 Å². The molecule has 0 saturated heterocycles. The van der Waals surface area contributed by atoms with E-state index in [1.807, 2.05) is 18.2 Å². The maximum atomic E-state index is 13.6. The molecule has 0 atom stereocenters. The van der Waals surface area contributed by atoms with E-state index in [1.165, 1.54) is 19.2 Å². The van der Waals surface area contributed by atoms with Gasteiger partial charge in [-0.15, -0.1) is 0 Å². The van der Waals surface area contributed by atoms with Crippen LogP contribution in [0.2, 0.25) is 0 Å². The largest absolute Gasteiger partial charge is 0.494 e. The normalized spacial score (nSPS) is 11.3. The number of ether oxygens (including phenoxy) is 1. The average molecular weight is 245 g/mol. The van der Waals surface area contributed by atoms with E-state index in [0.717, 1.165) is 16.9 Å². The Morgan fingerprint density at radius 3 is 2.72 bits per heavy atom. The van der Waals surface area contributed by atoms with Gasteiger partial charge in [-0.3, -0.25) is 4.40 Å². The first-order valence-electron chi connectivity index (χ1n) is 5.59. The van der Waals surface area contributed by atoms with Crippen LogP contribution >= 0.6 is 0 Å². The van der Waals surface area contributed by atoms with Gasteiger partial charge in [0, 0.05) is 12.1 Å². The molecule has 0 aliphatic heterocycles. The third-order valence-corrected chi connectivity index (χ3v) is 3.07. The third kappa shape index (κ3) is 1.37. The fraction of sp³-hybridized carbons (Fsp3) is 0.231. The molecule has 3 aromatic rings. The summed E-state index contributed by atoms with van der Waals surface area (Å²) in [5.74, 6) is 0.0824. The molecule has 0 aliphatic carbocycles. The number of benzene rings is 1. The summed E-state index contributed by atoms with van der Waals surface area (Å²) in [5.41, 5.74) is 3.94. The van der Waals surface area contributed by atoms with Crippen molar-refractivity contribution in [2.24, 2.45) is 0 Å². The number of aryl methyl sites for hydroxylation is 2. The van der Waals surface area contributed by atoms with Crippen LogP contribution < -0.4 is 4.74 Å². The lowest BCUT2D eigenvalue weighted by atomic mass is 10.2. The molecule has 0 unspecified atom stereocenters. The van der Waals surface area contributed by atoms with E-state index < -0.39 is 0 Å². The minimum Gasteiger partial charge on any atom is -0.494 e. The molecule has 18 heavy (non-hydrogen) atoms. The lowest BCUT2D eigenvalue weighted by molar-refractivity contribution is 0.415. The Morgan fingerprint density at radius 2 is 2.00 bits per heavy atom. The van der Waals surface area contributed by atoms with E-state index in [-0.39, 0.29) is 5.82 Å². The van der Waals surface area contributed by atoms with Gasteiger partial charge < -0.3 is 4.74 Å². The Morgan fingerprint density at radius 1 is 1.22 bits per heavy atom. The van der Waals surface area contributed by atoms with Crippen LogP contribution in [-0.2, 0) is 0 Å². The molecule has 0 spiro atoms. The lowest BCUT2D eigenvalue weighted by Crippen LogP contribution is -1.98. The number of halogens is 1. The SMILES string of the molecule is COc1cc(F)cc2c1nc(C)c1c(C)ncn12. The molecule has 1 aromatic carbocycles. The Balaban J connectivity index is 2.58. The summed E-state index contributed by atoms with van der Waals surface area (Å²) in [4.78, 5) is 8.75. The van der Waals surface area contributed by atoms with Crippen molar-refractivity contribution in [1.82, 2.24) is 14.4 Å². The molecule has 0 fully saturated rings. The highest BCUT2D eigenvalue weighted by atomic mass is 19.1. The zero-order valence-electron chi connectivity index (χ0n) is 10.4. The van der Waals surface area contributed by atoms with Crippen molar-refractivity contribution >= 4 is 16.6 Å². The van der Waals surface area contributed by atoms with Gasteiger partial charge in [0.05, 0.1) is 29.5 Å². The molecule has 0 saturated carbocycles. The van der Waals surface area contributed by atoms with Crippen LogP contribution in [0.3, 0.4) is 0 Å². The minimum atomic E-state index is -0.349. The molecule has 0 aliphatic rings. The molecule has 3 rings (SSSR count). The van der Waals surface area contributed by atoms with Crippen LogP contribution in [0.1, 0.15) is 11.4 Å². The van der Waals surface area contributed by atoms with Gasteiger partial charge in [-0.25, -0.2) is 14.4 Å². The molecule has 0 radical (unpaired) electrons. The first kappa shape index (κ1) is 11.0. The minimum absolute atomic E-state index is 0.349. The number of methoxy groups -OCH3 is 1. The van der Waals surface area contributed by atoms with Gasteiger partial charge in [-0.05, 0) is 13.8 Å². The highest BCUT2D eigenvalue weighted by molar-refractivity contribution is 5.85. The van der Waals surface area contributed by atoms with Gasteiger partial charge in [0.25, 0.3) is 0 Å². The number of aromatic nitrogens is 3. The molecule has 2 heterocycles. The highest BCUT2D eigenvalue weighted by Gasteiger charge is 2.13. The van der Waals surface area contributed by atoms with Crippen molar-refractivity contribution in [3.63, 3.8) is 0 Å². The fourth-order valence-electron chi connectivity index (χ4n) is 2.29. The van der Waals surface area contributed by atoms with E-state index in [4.69, 9.17) is 4.74 Å². The quantitative estimate of drug-likeness (QED) is 0.661. The van der Waals surface area contributed by atoms with E-state index >= 15 is 0 Å². The second kappa shape index (κ2) is 3.66. The predicted molar refractivity (Wildman–Crippen MR) is 66.5 cm³/mol. The Bertz CT molecular complexity index is 764. The molecule has 0 amide bonds. The summed E-state index contributed by atoms with van der Waals surface area (Å²) in [6.45, 7) is 3.82. The molecular weight excluding hydrogens is 233 g/mol. The zero-order chi connectivity index (χ0) is 12.9. The number of fused-ring (bicyclic) bond motifs is 3. The van der Waals surface area contributed by atoms with Gasteiger partial charge in [0.15, 0.2) is 0 Å². The Kier molecular flexibility index (Phi) is 2.23. The van der Waals surface area contributed by atoms with Crippen molar-refractivity contribution in [2.45, 2.75) is 13.8 Å². The zero-order valence-corrected chi connectivity index (χ0v) is 10.4. The first-order valence-corrected chi connectivity index (χ1v) is 5.59. The molecule has 0 bridgehead atoms. The maximum absolute atomic E-state index is 13.6. The van der Waals surface area contributed by atoms with Crippen LogP contribution in [0.5, 0.6) is 5.75 Å². The molecular formula is C13H12FN3O. The van der Waals surface area contributed by atoms with E-state index in [0.29, 0.717) is 16.8 Å². The van der Waals surface area contributed by atoms with Crippen molar-refractivity contribution in [3.05, 3.63) is 35.7 Å². The monoisotopic (exact) mass is 245 g/mol. The molecule has 2 aromatic heterocycles. The maximum Gasteiger partial charge on any atom is 0.149 e. The second-order valence-electron chi connectivity index (χ2n) is 4.22. The van der Waals surface area contributed by atoms with Gasteiger partial charge in [-0.1, -0.05) is 0 Å². The van der Waals surface area contributed by atoms with E-state index in [9.17, 15) is 4.39 Å². The number of hydrogen-bond donors (Lipinski definition) is 0. The van der Waals surface area contributed by atoms with Crippen LogP contribution in [0.25, 0.3) is 16.6 Å². The van der Waals surface area contributed by atoms with Crippen LogP contribution in [-0.4, -0.2) is 21.5 Å². The topological polar surface area (TPSA) is 39.4 Å². The van der Waals surface area contributed by atoms with Gasteiger partial charge in [-0.2, -0.15) is 0 Å². The average Bonchev–Trinajstić information content (AvgIpc) is 2.73. The smallest absolute Gasteiger partial charge is 0.149 e. The number of imidazole rings is 1. The third-order valence-electron chi connectivity index (χ3n) is 3.07. The van der Waals surface area contributed by atoms with Crippen LogP contribution in [0.4, 0.5) is 4.39 Å². The number of rotatable bonds is 1. The fourth-order valence-corrected chi connectivity index (χ4v) is 2.29. The van der Waals surface area contributed by atoms with Crippen molar-refractivity contribution in [2.75, 3.05) is 7.11 Å². The van der Waals surface area contributed by atoms with Gasteiger partial charge in [0.1, 0.15) is 23.4 Å². The summed E-state index contributed by atoms with van der Waals surface area (Å²) in [6, 6.07) is 2.78. The molecule has 4 nitrogen and oxygen atoms in total. The summed E-state index contributed by atoms with van der Waals surface area (Å²) >= 11 is 0. The summed E-state index contributed by atoms with van der Waals surface area (Å²) < 4.78 is 20.6. The number of nitrogens with zero attached hydrogens (tertiary/aromatic N) is 3. The van der Waals surface area contributed by atoms with Crippen LogP contribution in [0, 0.1) is 19.7 Å². The Hall–Kier alpha value is -2.17. The molecule has 0 N–H and O–H groups in total. The van der Waals surface area contributed by atoms with E-state index in [1.54, 1.807) is 6.33 Å². The van der Waals surface area contributed by atoms with Gasteiger partial charge in [0.2, 0.25) is 0 Å². The highest BCUT2D eigenvalue weighted by Crippen LogP contribution is 2.28. The lowest BCUT2D eigenvalue weighted by Gasteiger charge is -2.09. The second-order valence-corrected chi connectivity index (χ2v) is 4.22.